The average molecular weight is 779 g/mol. The highest BCUT2D eigenvalue weighted by atomic mass is 19.1. The van der Waals surface area contributed by atoms with Gasteiger partial charge in [-0.1, -0.05) is 65.9 Å². The molecule has 11 nitrogen and oxygen atoms in total. The van der Waals surface area contributed by atoms with Crippen LogP contribution in [-0.4, -0.2) is 52.9 Å². The molecule has 0 amide bonds. The Kier molecular flexibility index (Phi) is 11.7. The van der Waals surface area contributed by atoms with Gasteiger partial charge in [0.25, 0.3) is 0 Å². The van der Waals surface area contributed by atoms with Gasteiger partial charge in [0.15, 0.2) is 10.9 Å². The summed E-state index contributed by atoms with van der Waals surface area (Å²) in [6.45, 7) is 3.94. The van der Waals surface area contributed by atoms with Gasteiger partial charge in [0, 0.05) is 55.2 Å². The van der Waals surface area contributed by atoms with Crippen molar-refractivity contribution in [1.29, 1.82) is 0 Å². The molecule has 0 aliphatic heterocycles. The Bertz CT molecular complexity index is 2740. The van der Waals surface area contributed by atoms with E-state index in [1.165, 1.54) is 35.9 Å². The van der Waals surface area contributed by atoms with E-state index in [0.29, 0.717) is 97.7 Å². The molecule has 0 fully saturated rings. The molecule has 3 aromatic heterocycles. The number of nitrogens with zero attached hydrogens (tertiary/aromatic N) is 4. The second kappa shape index (κ2) is 17.9. The van der Waals surface area contributed by atoms with E-state index in [1.54, 1.807) is 47.1 Å². The number of fused-ring (bicyclic) bond motifs is 2. The zero-order valence-corrected chi connectivity index (χ0v) is 31.5. The Morgan fingerprint density at radius 2 is 1.31 bits per heavy atom. The summed E-state index contributed by atoms with van der Waals surface area (Å²) in [4.78, 5) is 27.5. The monoisotopic (exact) mass is 778 g/mol. The van der Waals surface area contributed by atoms with Crippen molar-refractivity contribution in [2.45, 2.75) is 19.6 Å². The molecule has 0 aliphatic carbocycles. The van der Waals surface area contributed by atoms with Crippen molar-refractivity contribution in [2.24, 2.45) is 0 Å². The predicted octanol–water partition coefficient (Wildman–Crippen LogP) is 8.14. The lowest BCUT2D eigenvalue weighted by Gasteiger charge is -2.21. The summed E-state index contributed by atoms with van der Waals surface area (Å²) in [6, 6.07) is 39.0. The van der Waals surface area contributed by atoms with E-state index in [4.69, 9.17) is 23.0 Å². The highest BCUT2D eigenvalue weighted by Crippen LogP contribution is 2.26. The van der Waals surface area contributed by atoms with Gasteiger partial charge in [-0.3, -0.25) is 14.5 Å². The standard InChI is InChI=1S/C46H39FN4O7/c47-35-13-18-43-40(25-35)42(53)28-45(57-43)34-11-14-37(15-12-34)56-24-23-54-21-20-51-31-36(48-49-51)30-50(29-32-7-3-1-4-8-32)19-22-55-38-16-17-39-41(52)27-44(58-46(39)26-38)33-9-5-2-6-10-33/h1-18,25-28,31H,19-24,29-30H2. The summed E-state index contributed by atoms with van der Waals surface area (Å²) in [7, 11) is 0. The topological polar surface area (TPSA) is 122 Å². The van der Waals surface area contributed by atoms with Gasteiger partial charge >= 0.3 is 0 Å². The number of ether oxygens (including phenoxy) is 3. The maximum Gasteiger partial charge on any atom is 0.193 e. The largest absolute Gasteiger partial charge is 0.492 e. The lowest BCUT2D eigenvalue weighted by molar-refractivity contribution is 0.0923. The molecule has 0 bridgehead atoms. The highest BCUT2D eigenvalue weighted by Gasteiger charge is 2.13. The smallest absolute Gasteiger partial charge is 0.193 e. The van der Waals surface area contributed by atoms with Crippen molar-refractivity contribution in [3.05, 3.63) is 177 Å². The second-order valence-corrected chi connectivity index (χ2v) is 13.6. The fourth-order valence-corrected chi connectivity index (χ4v) is 6.53. The van der Waals surface area contributed by atoms with E-state index < -0.39 is 5.82 Å². The van der Waals surface area contributed by atoms with Gasteiger partial charge in [0.05, 0.1) is 36.2 Å². The van der Waals surface area contributed by atoms with E-state index in [1.807, 2.05) is 54.7 Å². The number of rotatable bonds is 17. The first-order valence-electron chi connectivity index (χ1n) is 18.9. The lowest BCUT2D eigenvalue weighted by Crippen LogP contribution is -2.28. The van der Waals surface area contributed by atoms with Crippen LogP contribution in [0.25, 0.3) is 44.6 Å². The Labute approximate surface area is 332 Å². The molecule has 0 aliphatic rings. The van der Waals surface area contributed by atoms with Crippen molar-refractivity contribution in [2.75, 3.05) is 33.0 Å². The number of aromatic nitrogens is 3. The first-order chi connectivity index (χ1) is 28.4. The Balaban J connectivity index is 0.806. The molecule has 58 heavy (non-hydrogen) atoms. The van der Waals surface area contributed by atoms with Gasteiger partial charge in [-0.05, 0) is 60.2 Å². The molecular formula is C46H39FN4O7. The molecular weight excluding hydrogens is 740 g/mol. The van der Waals surface area contributed by atoms with Crippen LogP contribution in [0.5, 0.6) is 11.5 Å². The van der Waals surface area contributed by atoms with E-state index in [0.717, 1.165) is 11.3 Å². The summed E-state index contributed by atoms with van der Waals surface area (Å²) in [5, 5.41) is 9.43. The van der Waals surface area contributed by atoms with E-state index in [9.17, 15) is 14.0 Å². The van der Waals surface area contributed by atoms with Gasteiger partial charge in [-0.2, -0.15) is 0 Å². The van der Waals surface area contributed by atoms with E-state index in [-0.39, 0.29) is 16.2 Å². The average Bonchev–Trinajstić information content (AvgIpc) is 3.69. The zero-order chi connectivity index (χ0) is 39.7. The van der Waals surface area contributed by atoms with Crippen molar-refractivity contribution >= 4 is 21.9 Å². The Hall–Kier alpha value is -6.89. The Morgan fingerprint density at radius 3 is 2.10 bits per heavy atom. The molecule has 0 radical (unpaired) electrons. The van der Waals surface area contributed by atoms with Gasteiger partial charge < -0.3 is 23.0 Å². The highest BCUT2D eigenvalue weighted by molar-refractivity contribution is 5.80. The molecule has 12 heteroatoms. The molecule has 0 atom stereocenters. The van der Waals surface area contributed by atoms with Gasteiger partial charge in [0.2, 0.25) is 0 Å². The van der Waals surface area contributed by atoms with E-state index >= 15 is 0 Å². The summed E-state index contributed by atoms with van der Waals surface area (Å²) in [5.74, 6) is 1.67. The molecule has 0 saturated heterocycles. The molecule has 5 aromatic carbocycles. The van der Waals surface area contributed by atoms with Crippen LogP contribution < -0.4 is 20.3 Å². The van der Waals surface area contributed by atoms with Gasteiger partial charge in [-0.15, -0.1) is 5.10 Å². The van der Waals surface area contributed by atoms with Crippen LogP contribution >= 0.6 is 0 Å². The summed E-state index contributed by atoms with van der Waals surface area (Å²) in [6.07, 6.45) is 1.92. The fourth-order valence-electron chi connectivity index (χ4n) is 6.53. The first-order valence-corrected chi connectivity index (χ1v) is 18.9. The van der Waals surface area contributed by atoms with Crippen LogP contribution in [0, 0.1) is 5.82 Å². The minimum absolute atomic E-state index is 0.104. The molecule has 0 saturated carbocycles. The maximum absolute atomic E-state index is 13.5. The van der Waals surface area contributed by atoms with Crippen molar-refractivity contribution in [3.63, 3.8) is 0 Å². The van der Waals surface area contributed by atoms with E-state index in [2.05, 4.69) is 27.3 Å². The van der Waals surface area contributed by atoms with Gasteiger partial charge in [-0.25, -0.2) is 9.07 Å². The molecule has 0 spiro atoms. The predicted molar refractivity (Wildman–Crippen MR) is 218 cm³/mol. The first kappa shape index (κ1) is 38.0. The van der Waals surface area contributed by atoms with Gasteiger partial charge in [0.1, 0.15) is 53.2 Å². The van der Waals surface area contributed by atoms with Crippen molar-refractivity contribution in [1.82, 2.24) is 19.9 Å². The third kappa shape index (κ3) is 9.55. The summed E-state index contributed by atoms with van der Waals surface area (Å²) in [5.41, 5.74) is 3.90. The van der Waals surface area contributed by atoms with Crippen molar-refractivity contribution in [3.8, 4) is 34.1 Å². The van der Waals surface area contributed by atoms with Crippen LogP contribution in [0.3, 0.4) is 0 Å². The van der Waals surface area contributed by atoms with Crippen LogP contribution in [0.1, 0.15) is 11.3 Å². The molecule has 0 N–H and O–H groups in total. The zero-order valence-electron chi connectivity index (χ0n) is 31.5. The third-order valence-electron chi connectivity index (χ3n) is 9.45. The summed E-state index contributed by atoms with van der Waals surface area (Å²) >= 11 is 0. The van der Waals surface area contributed by atoms with Crippen LogP contribution in [0.4, 0.5) is 4.39 Å². The normalized spacial score (nSPS) is 11.4. The molecule has 0 unspecified atom stereocenters. The molecule has 292 valence electrons. The number of halogens is 1. The SMILES string of the molecule is O=c1cc(-c2ccccc2)oc2cc(OCCN(Cc3ccccc3)Cc3cn(CCOCCOc4ccc(-c5cc(=O)c6cc(F)ccc6o5)cc4)nn3)ccc12. The quantitative estimate of drug-likeness (QED) is 0.0838. The van der Waals surface area contributed by atoms with Crippen LogP contribution in [0.15, 0.2) is 158 Å². The molecule has 8 aromatic rings. The van der Waals surface area contributed by atoms with Crippen LogP contribution in [-0.2, 0) is 24.4 Å². The molecule has 3 heterocycles. The Morgan fingerprint density at radius 1 is 0.621 bits per heavy atom. The van der Waals surface area contributed by atoms with Crippen LogP contribution in [0.2, 0.25) is 0 Å². The minimum Gasteiger partial charge on any atom is -0.492 e. The maximum atomic E-state index is 13.5. The second-order valence-electron chi connectivity index (χ2n) is 13.6. The fraction of sp³-hybridized carbons (Fsp3) is 0.174. The number of hydrogen-bond donors (Lipinski definition) is 0. The minimum atomic E-state index is -0.487. The molecule has 8 rings (SSSR count). The third-order valence-corrected chi connectivity index (χ3v) is 9.45. The summed E-state index contributed by atoms with van der Waals surface area (Å²) < 4.78 is 45.1. The number of benzene rings is 5. The van der Waals surface area contributed by atoms with Crippen molar-refractivity contribution < 1.29 is 27.4 Å². The number of hydrogen-bond acceptors (Lipinski definition) is 10. The lowest BCUT2D eigenvalue weighted by atomic mass is 10.1.